The molecule has 2 aliphatic carbocycles. The second kappa shape index (κ2) is 7.35. The zero-order valence-electron chi connectivity index (χ0n) is 20.9. The van der Waals surface area contributed by atoms with Crippen LogP contribution in [0.25, 0.3) is 11.1 Å². The fraction of sp³-hybridized carbons (Fsp3) is 0.481. The van der Waals surface area contributed by atoms with Crippen molar-refractivity contribution in [2.24, 2.45) is 16.6 Å². The zero-order valence-corrected chi connectivity index (χ0v) is 20.9. The predicted molar refractivity (Wildman–Crippen MR) is 135 cm³/mol. The van der Waals surface area contributed by atoms with Gasteiger partial charge in [-0.05, 0) is 54.0 Å². The van der Waals surface area contributed by atoms with Gasteiger partial charge in [0.2, 0.25) is 5.95 Å². The van der Waals surface area contributed by atoms with E-state index in [0.29, 0.717) is 23.5 Å². The van der Waals surface area contributed by atoms with Crippen LogP contribution in [0.4, 0.5) is 16.2 Å². The lowest BCUT2D eigenvalue weighted by Crippen LogP contribution is -2.53. The van der Waals surface area contributed by atoms with Crippen molar-refractivity contribution in [2.75, 3.05) is 36.0 Å². The molecule has 1 unspecified atom stereocenters. The van der Waals surface area contributed by atoms with E-state index in [-0.39, 0.29) is 23.3 Å². The summed E-state index contributed by atoms with van der Waals surface area (Å²) >= 11 is 0. The van der Waals surface area contributed by atoms with Crippen LogP contribution in [0.3, 0.4) is 0 Å². The number of nitrogens with zero attached hydrogens (tertiary/aromatic N) is 6. The molecule has 2 aromatic heterocycles. The molecule has 4 aliphatic rings. The van der Waals surface area contributed by atoms with Crippen LogP contribution in [0.15, 0.2) is 24.5 Å². The molecule has 2 aliphatic heterocycles. The highest BCUT2D eigenvalue weighted by Gasteiger charge is 2.56. The minimum Gasteiger partial charge on any atom is -0.421 e. The Morgan fingerprint density at radius 3 is 2.50 bits per heavy atom. The van der Waals surface area contributed by atoms with E-state index >= 15 is 0 Å². The summed E-state index contributed by atoms with van der Waals surface area (Å²) in [6.07, 6.45) is 6.06. The van der Waals surface area contributed by atoms with Crippen molar-refractivity contribution in [2.45, 2.75) is 46.1 Å². The van der Waals surface area contributed by atoms with E-state index in [4.69, 9.17) is 20.4 Å². The lowest BCUT2D eigenvalue weighted by atomic mass is 9.85. The van der Waals surface area contributed by atoms with Crippen LogP contribution in [0, 0.1) is 23.6 Å². The number of rotatable bonds is 4. The maximum atomic E-state index is 14.4. The summed E-state index contributed by atoms with van der Waals surface area (Å²) in [5, 5.41) is 0. The second-order valence-corrected chi connectivity index (χ2v) is 11.8. The average molecular weight is 488 g/mol. The third kappa shape index (κ3) is 3.43. The minimum absolute atomic E-state index is 0.174. The van der Waals surface area contributed by atoms with Gasteiger partial charge in [-0.2, -0.15) is 9.97 Å². The third-order valence-corrected chi connectivity index (χ3v) is 8.28. The first-order valence-corrected chi connectivity index (χ1v) is 12.7. The molecule has 2 atom stereocenters. The number of aryl methyl sites for hydroxylation is 1. The van der Waals surface area contributed by atoms with E-state index in [0.717, 1.165) is 72.8 Å². The molecule has 3 aromatic rings. The van der Waals surface area contributed by atoms with E-state index in [2.05, 4.69) is 33.6 Å². The first-order chi connectivity index (χ1) is 17.2. The average Bonchev–Trinajstić information content (AvgIpc) is 3.12. The largest absolute Gasteiger partial charge is 0.421 e. The van der Waals surface area contributed by atoms with Crippen molar-refractivity contribution in [3.05, 3.63) is 47.2 Å². The Bertz CT molecular complexity index is 1380. The second-order valence-electron chi connectivity index (χ2n) is 11.8. The summed E-state index contributed by atoms with van der Waals surface area (Å²) in [6.45, 7) is 10.0. The van der Waals surface area contributed by atoms with Crippen molar-refractivity contribution < 1.29 is 9.13 Å². The summed E-state index contributed by atoms with van der Waals surface area (Å²) in [6, 6.07) is 3.70. The molecule has 4 heterocycles. The SMILES string of the molecule is Cc1cc(F)cc2c1Cc1nc(Oc3cnc(N4CC(C)(C)C4)nc3)nc(N3CCC4(C[C@H]4N)C3)c1-2. The van der Waals surface area contributed by atoms with Crippen LogP contribution < -0.4 is 20.3 Å². The number of hydrogen-bond acceptors (Lipinski definition) is 8. The molecule has 36 heavy (non-hydrogen) atoms. The highest BCUT2D eigenvalue weighted by Crippen LogP contribution is 2.54. The predicted octanol–water partition coefficient (Wildman–Crippen LogP) is 3.85. The van der Waals surface area contributed by atoms with Crippen molar-refractivity contribution in [1.29, 1.82) is 0 Å². The molecule has 7 rings (SSSR count). The van der Waals surface area contributed by atoms with Gasteiger partial charge < -0.3 is 20.3 Å². The fourth-order valence-electron chi connectivity index (χ4n) is 6.23. The molecule has 0 radical (unpaired) electrons. The summed E-state index contributed by atoms with van der Waals surface area (Å²) in [7, 11) is 0. The first kappa shape index (κ1) is 21.9. The summed E-state index contributed by atoms with van der Waals surface area (Å²) in [5.74, 6) is 1.75. The number of hydrogen-bond donors (Lipinski definition) is 1. The van der Waals surface area contributed by atoms with E-state index in [1.165, 1.54) is 0 Å². The van der Waals surface area contributed by atoms with Gasteiger partial charge in [-0.25, -0.2) is 14.4 Å². The Morgan fingerprint density at radius 2 is 1.83 bits per heavy atom. The van der Waals surface area contributed by atoms with E-state index in [1.54, 1.807) is 24.5 Å². The minimum atomic E-state index is -0.240. The molecule has 0 bridgehead atoms. The van der Waals surface area contributed by atoms with Gasteiger partial charge in [-0.3, -0.25) is 0 Å². The molecular weight excluding hydrogens is 457 g/mol. The van der Waals surface area contributed by atoms with Crippen molar-refractivity contribution in [3.63, 3.8) is 0 Å². The normalized spacial score (nSPS) is 25.1. The number of ether oxygens (including phenoxy) is 1. The maximum Gasteiger partial charge on any atom is 0.324 e. The number of anilines is 2. The van der Waals surface area contributed by atoms with Gasteiger partial charge in [0.15, 0.2) is 5.75 Å². The van der Waals surface area contributed by atoms with Gasteiger partial charge in [0.1, 0.15) is 11.6 Å². The quantitative estimate of drug-likeness (QED) is 0.464. The monoisotopic (exact) mass is 487 g/mol. The fourth-order valence-corrected chi connectivity index (χ4v) is 6.23. The van der Waals surface area contributed by atoms with Gasteiger partial charge in [0.25, 0.3) is 0 Å². The lowest BCUT2D eigenvalue weighted by Gasteiger charge is -2.45. The van der Waals surface area contributed by atoms with Crippen LogP contribution in [0.2, 0.25) is 0 Å². The summed E-state index contributed by atoms with van der Waals surface area (Å²) < 4.78 is 20.5. The smallest absolute Gasteiger partial charge is 0.324 e. The number of aromatic nitrogens is 4. The van der Waals surface area contributed by atoms with Crippen LogP contribution >= 0.6 is 0 Å². The molecule has 1 spiro atoms. The topological polar surface area (TPSA) is 93.3 Å². The van der Waals surface area contributed by atoms with Crippen LogP contribution in [0.5, 0.6) is 11.8 Å². The summed E-state index contributed by atoms with van der Waals surface area (Å²) in [5.41, 5.74) is 11.4. The van der Waals surface area contributed by atoms with Crippen molar-refractivity contribution >= 4 is 11.8 Å². The molecule has 3 fully saturated rings. The molecule has 2 N–H and O–H groups in total. The Balaban J connectivity index is 1.23. The van der Waals surface area contributed by atoms with Crippen LogP contribution in [0.1, 0.15) is 43.5 Å². The molecule has 1 aromatic carbocycles. The van der Waals surface area contributed by atoms with Crippen molar-refractivity contribution in [1.82, 2.24) is 19.9 Å². The van der Waals surface area contributed by atoms with Crippen molar-refractivity contribution in [3.8, 4) is 22.9 Å². The van der Waals surface area contributed by atoms with Crippen LogP contribution in [-0.4, -0.2) is 52.2 Å². The molecular formula is C27H30FN7O. The lowest BCUT2D eigenvalue weighted by molar-refractivity contribution is 0.272. The Kier molecular flexibility index (Phi) is 4.47. The Hall–Kier alpha value is -3.33. The molecule has 8 nitrogen and oxygen atoms in total. The number of nitrogens with two attached hydrogens (primary N) is 1. The Labute approximate surface area is 209 Å². The van der Waals surface area contributed by atoms with E-state index < -0.39 is 0 Å². The van der Waals surface area contributed by atoms with Gasteiger partial charge in [-0.1, -0.05) is 13.8 Å². The van der Waals surface area contributed by atoms with Gasteiger partial charge >= 0.3 is 6.01 Å². The number of halogens is 1. The zero-order chi connectivity index (χ0) is 24.8. The molecule has 9 heteroatoms. The summed E-state index contributed by atoms with van der Waals surface area (Å²) in [4.78, 5) is 23.0. The molecule has 0 amide bonds. The first-order valence-electron chi connectivity index (χ1n) is 12.7. The van der Waals surface area contributed by atoms with Gasteiger partial charge in [0.05, 0.1) is 18.1 Å². The third-order valence-electron chi connectivity index (χ3n) is 8.28. The molecule has 2 saturated heterocycles. The maximum absolute atomic E-state index is 14.4. The molecule has 1 saturated carbocycles. The van der Waals surface area contributed by atoms with Gasteiger partial charge in [0, 0.05) is 49.6 Å². The highest BCUT2D eigenvalue weighted by atomic mass is 19.1. The van der Waals surface area contributed by atoms with Crippen LogP contribution in [-0.2, 0) is 6.42 Å². The highest BCUT2D eigenvalue weighted by molar-refractivity contribution is 5.85. The van der Waals surface area contributed by atoms with E-state index in [9.17, 15) is 4.39 Å². The molecule has 186 valence electrons. The standard InChI is InChI=1S/C27H30FN7O/c1-15-6-16(28)7-19-18(15)8-20-22(19)23(34-5-4-27(14-34)9-21(27)29)33-25(32-20)36-17-10-30-24(31-11-17)35-12-26(2,3)13-35/h6-7,10-11,21H,4-5,8-9,12-14,29H2,1-3H3/t21-,27?/m1/s1. The van der Waals surface area contributed by atoms with E-state index in [1.807, 2.05) is 6.92 Å². The Morgan fingerprint density at radius 1 is 1.08 bits per heavy atom. The number of benzene rings is 1. The van der Waals surface area contributed by atoms with Gasteiger partial charge in [-0.15, -0.1) is 0 Å². The number of fused-ring (bicyclic) bond motifs is 3.